The number of nitrogens with one attached hydrogen (secondary N) is 1. The Bertz CT molecular complexity index is 1560. The molecule has 0 atom stereocenters. The van der Waals surface area contributed by atoms with E-state index in [1.807, 2.05) is 44.2 Å². The highest BCUT2D eigenvalue weighted by Gasteiger charge is 2.38. The van der Waals surface area contributed by atoms with Crippen molar-refractivity contribution < 1.29 is 18.9 Å². The summed E-state index contributed by atoms with van der Waals surface area (Å²) in [6, 6.07) is 19.1. The predicted molar refractivity (Wildman–Crippen MR) is 140 cm³/mol. The van der Waals surface area contributed by atoms with Crippen molar-refractivity contribution in [3.8, 4) is 16.9 Å². The minimum Gasteiger partial charge on any atom is -0.348 e. The molecule has 0 aliphatic heterocycles. The van der Waals surface area contributed by atoms with E-state index in [9.17, 15) is 24.1 Å². The second-order valence-electron chi connectivity index (χ2n) is 10.2. The van der Waals surface area contributed by atoms with Crippen molar-refractivity contribution in [3.05, 3.63) is 111 Å². The van der Waals surface area contributed by atoms with Crippen molar-refractivity contribution in [2.24, 2.45) is 5.41 Å². The molecule has 0 unspecified atom stereocenters. The van der Waals surface area contributed by atoms with Gasteiger partial charge in [-0.05, 0) is 41.7 Å². The van der Waals surface area contributed by atoms with Crippen LogP contribution in [0.5, 0.6) is 0 Å². The van der Waals surface area contributed by atoms with Gasteiger partial charge in [0.25, 0.3) is 11.6 Å². The zero-order valence-corrected chi connectivity index (χ0v) is 20.9. The zero-order chi connectivity index (χ0) is 27.0. The van der Waals surface area contributed by atoms with Gasteiger partial charge in [0, 0.05) is 30.2 Å². The average molecular weight is 513 g/mol. The second kappa shape index (κ2) is 9.66. The molecule has 0 fully saturated rings. The van der Waals surface area contributed by atoms with Crippen LogP contribution in [-0.2, 0) is 13.0 Å². The van der Waals surface area contributed by atoms with Gasteiger partial charge in [0.15, 0.2) is 5.78 Å². The van der Waals surface area contributed by atoms with Crippen LogP contribution in [0.4, 0.5) is 10.1 Å². The number of amides is 1. The van der Waals surface area contributed by atoms with E-state index in [1.165, 1.54) is 35.0 Å². The van der Waals surface area contributed by atoms with Gasteiger partial charge in [-0.3, -0.25) is 19.7 Å². The lowest BCUT2D eigenvalue weighted by atomic mass is 9.75. The summed E-state index contributed by atoms with van der Waals surface area (Å²) >= 11 is 0. The summed E-state index contributed by atoms with van der Waals surface area (Å²) in [7, 11) is 0. The number of aromatic nitrogens is 2. The van der Waals surface area contributed by atoms with Crippen LogP contribution in [0, 0.1) is 21.3 Å². The number of hydrogen-bond donors (Lipinski definition) is 1. The molecule has 1 aromatic heterocycles. The lowest BCUT2D eigenvalue weighted by Gasteiger charge is -2.29. The third-order valence-corrected chi connectivity index (χ3v) is 6.62. The maximum Gasteiger partial charge on any atom is 0.295 e. The molecule has 1 aliphatic rings. The fraction of sp³-hybridized carbons (Fsp3) is 0.207. The van der Waals surface area contributed by atoms with E-state index in [0.717, 1.165) is 5.56 Å². The van der Waals surface area contributed by atoms with Crippen LogP contribution < -0.4 is 5.32 Å². The SMILES string of the molecule is CC1(C)CC(=O)c2c(-c3ccccc3)nn(-c3ccc(C(=O)NCc4ccc(F)cc4)cc3[N+](=O)[O-])c2C1. The van der Waals surface area contributed by atoms with E-state index in [4.69, 9.17) is 5.10 Å². The van der Waals surface area contributed by atoms with Crippen molar-refractivity contribution >= 4 is 17.4 Å². The quantitative estimate of drug-likeness (QED) is 0.265. The Morgan fingerprint density at radius 3 is 2.47 bits per heavy atom. The molecule has 38 heavy (non-hydrogen) atoms. The fourth-order valence-corrected chi connectivity index (χ4v) is 4.82. The molecule has 8 nitrogen and oxygen atoms in total. The highest BCUT2D eigenvalue weighted by Crippen LogP contribution is 2.41. The number of nitro groups is 1. The Morgan fingerprint density at radius 1 is 1.08 bits per heavy atom. The van der Waals surface area contributed by atoms with E-state index in [0.29, 0.717) is 35.4 Å². The van der Waals surface area contributed by atoms with Crippen LogP contribution in [0.3, 0.4) is 0 Å². The molecular weight excluding hydrogens is 487 g/mol. The van der Waals surface area contributed by atoms with E-state index < -0.39 is 10.8 Å². The van der Waals surface area contributed by atoms with E-state index in [2.05, 4.69) is 5.32 Å². The second-order valence-corrected chi connectivity index (χ2v) is 10.2. The molecule has 9 heteroatoms. The minimum atomic E-state index is -0.557. The first-order chi connectivity index (χ1) is 18.1. The number of nitro benzene ring substituents is 1. The van der Waals surface area contributed by atoms with Crippen LogP contribution in [0.2, 0.25) is 0 Å². The predicted octanol–water partition coefficient (Wildman–Crippen LogP) is 5.67. The van der Waals surface area contributed by atoms with E-state index in [1.54, 1.807) is 12.1 Å². The molecule has 0 bridgehead atoms. The van der Waals surface area contributed by atoms with E-state index >= 15 is 0 Å². The van der Waals surface area contributed by atoms with Crippen molar-refractivity contribution in [2.75, 3.05) is 0 Å². The summed E-state index contributed by atoms with van der Waals surface area (Å²) < 4.78 is 14.6. The molecule has 1 heterocycles. The Balaban J connectivity index is 1.55. The third-order valence-electron chi connectivity index (χ3n) is 6.62. The summed E-state index contributed by atoms with van der Waals surface area (Å²) in [5.41, 5.74) is 2.64. The van der Waals surface area contributed by atoms with Crippen LogP contribution in [0.15, 0.2) is 72.8 Å². The normalized spacial score (nSPS) is 14.1. The lowest BCUT2D eigenvalue weighted by molar-refractivity contribution is -0.384. The topological polar surface area (TPSA) is 107 Å². The molecule has 0 spiro atoms. The van der Waals surface area contributed by atoms with Gasteiger partial charge in [-0.15, -0.1) is 0 Å². The lowest BCUT2D eigenvalue weighted by Crippen LogP contribution is -2.28. The third kappa shape index (κ3) is 4.82. The van der Waals surface area contributed by atoms with Gasteiger partial charge in [-0.2, -0.15) is 5.10 Å². The van der Waals surface area contributed by atoms with Gasteiger partial charge >= 0.3 is 0 Å². The molecular formula is C29H25FN4O4. The molecule has 3 aromatic carbocycles. The molecule has 5 rings (SSSR count). The summed E-state index contributed by atoms with van der Waals surface area (Å²) in [4.78, 5) is 37.6. The number of hydrogen-bond acceptors (Lipinski definition) is 5. The maximum absolute atomic E-state index is 13.2. The molecule has 0 saturated carbocycles. The van der Waals surface area contributed by atoms with Crippen LogP contribution >= 0.6 is 0 Å². The van der Waals surface area contributed by atoms with Crippen molar-refractivity contribution in [3.63, 3.8) is 0 Å². The first-order valence-corrected chi connectivity index (χ1v) is 12.1. The number of carbonyl (C=O) groups is 2. The van der Waals surface area contributed by atoms with Gasteiger partial charge in [-0.25, -0.2) is 9.07 Å². The highest BCUT2D eigenvalue weighted by molar-refractivity contribution is 6.04. The number of benzene rings is 3. The molecule has 1 aliphatic carbocycles. The molecule has 192 valence electrons. The average Bonchev–Trinajstić information content (AvgIpc) is 3.26. The Hall–Kier alpha value is -4.66. The first-order valence-electron chi connectivity index (χ1n) is 12.1. The molecule has 1 N–H and O–H groups in total. The summed E-state index contributed by atoms with van der Waals surface area (Å²) in [5.74, 6) is -0.943. The summed E-state index contributed by atoms with van der Waals surface area (Å²) in [6.45, 7) is 4.10. The van der Waals surface area contributed by atoms with Gasteiger partial charge in [0.05, 0.1) is 16.2 Å². The largest absolute Gasteiger partial charge is 0.348 e. The van der Waals surface area contributed by atoms with Gasteiger partial charge in [0.2, 0.25) is 0 Å². The van der Waals surface area contributed by atoms with Crippen LogP contribution in [0.1, 0.15) is 52.2 Å². The molecule has 0 radical (unpaired) electrons. The summed E-state index contributed by atoms with van der Waals surface area (Å²) in [5, 5.41) is 19.6. The number of halogens is 1. The van der Waals surface area contributed by atoms with Gasteiger partial charge in [0.1, 0.15) is 17.2 Å². The van der Waals surface area contributed by atoms with Crippen molar-refractivity contribution in [1.82, 2.24) is 15.1 Å². The number of carbonyl (C=O) groups excluding carboxylic acids is 2. The number of fused-ring (bicyclic) bond motifs is 1. The van der Waals surface area contributed by atoms with Crippen molar-refractivity contribution in [2.45, 2.75) is 33.2 Å². The number of rotatable bonds is 6. The molecule has 4 aromatic rings. The monoisotopic (exact) mass is 512 g/mol. The number of ketones is 1. The smallest absolute Gasteiger partial charge is 0.295 e. The zero-order valence-electron chi connectivity index (χ0n) is 20.9. The van der Waals surface area contributed by atoms with Gasteiger partial charge in [-0.1, -0.05) is 56.3 Å². The number of Topliss-reactive ketones (excluding diaryl/α,β-unsaturated/α-hetero) is 1. The molecule has 0 saturated heterocycles. The standard InChI is InChI=1S/C29H25FN4O4/c1-29(2)15-24-26(25(35)16-29)27(19-6-4-3-5-7-19)32-33(24)22-13-10-20(14-23(22)34(37)38)28(36)31-17-18-8-11-21(30)12-9-18/h3-14H,15-17H2,1-2H3,(H,31,36). The number of nitrogens with zero attached hydrogens (tertiary/aromatic N) is 3. The summed E-state index contributed by atoms with van der Waals surface area (Å²) in [6.07, 6.45) is 0.853. The molecule has 1 amide bonds. The maximum atomic E-state index is 13.2. The highest BCUT2D eigenvalue weighted by atomic mass is 19.1. The Kier molecular flexibility index (Phi) is 6.36. The minimum absolute atomic E-state index is 0.0548. The Morgan fingerprint density at radius 2 is 1.79 bits per heavy atom. The van der Waals surface area contributed by atoms with Crippen LogP contribution in [-0.4, -0.2) is 26.4 Å². The fourth-order valence-electron chi connectivity index (χ4n) is 4.82. The van der Waals surface area contributed by atoms with E-state index in [-0.39, 0.29) is 40.5 Å². The van der Waals surface area contributed by atoms with Gasteiger partial charge < -0.3 is 5.32 Å². The first kappa shape index (κ1) is 25.0. The van der Waals surface area contributed by atoms with Crippen molar-refractivity contribution in [1.29, 1.82) is 0 Å². The Labute approximate surface area is 218 Å². The van der Waals surface area contributed by atoms with Crippen LogP contribution in [0.25, 0.3) is 16.9 Å².